The van der Waals surface area contributed by atoms with Crippen molar-refractivity contribution in [3.05, 3.63) is 129 Å². The molecular formula is C36H24Cl4N4O. The molecule has 0 radical (unpaired) electrons. The quantitative estimate of drug-likeness (QED) is 0.180. The smallest absolute Gasteiger partial charge is 0.0943 e. The van der Waals surface area contributed by atoms with E-state index in [-0.39, 0.29) is 0 Å². The van der Waals surface area contributed by atoms with Gasteiger partial charge in [-0.25, -0.2) is 4.98 Å². The second-order valence-corrected chi connectivity index (χ2v) is 12.6. The number of benzene rings is 4. The minimum atomic E-state index is 0.607. The molecule has 0 spiro atoms. The Hall–Kier alpha value is -4.26. The van der Waals surface area contributed by atoms with E-state index in [1.165, 1.54) is 10.8 Å². The SMILES string of the molecule is Cc1c2nc3ccc(-c4cc(Cl)cc(Cl)c4)cc3c-2ccn1O.Cc1nccc2c1[nH]c1ccc(-c3cc(Cl)cc(Cl)c3)cc12. The first-order valence-corrected chi connectivity index (χ1v) is 15.6. The fourth-order valence-electron chi connectivity index (χ4n) is 5.73. The minimum Gasteiger partial charge on any atom is -0.429 e. The second-order valence-electron chi connectivity index (χ2n) is 10.9. The molecule has 6 aromatic rings. The number of aromatic nitrogens is 4. The first-order chi connectivity index (χ1) is 21.6. The Kier molecular flexibility index (Phi) is 7.58. The summed E-state index contributed by atoms with van der Waals surface area (Å²) >= 11 is 24.4. The van der Waals surface area contributed by atoms with Gasteiger partial charge in [0.25, 0.3) is 0 Å². The predicted octanol–water partition coefficient (Wildman–Crippen LogP) is 11.7. The number of nitrogens with one attached hydrogen (secondary N) is 1. The molecule has 4 heterocycles. The second kappa shape index (κ2) is 11.6. The van der Waals surface area contributed by atoms with Gasteiger partial charge in [0, 0.05) is 59.7 Å². The molecule has 0 bridgehead atoms. The Morgan fingerprint density at radius 3 is 1.89 bits per heavy atom. The summed E-state index contributed by atoms with van der Waals surface area (Å²) in [5.41, 5.74) is 10.7. The lowest BCUT2D eigenvalue weighted by molar-refractivity contribution is 0.178. The van der Waals surface area contributed by atoms with Gasteiger partial charge in [-0.2, -0.15) is 4.73 Å². The largest absolute Gasteiger partial charge is 0.429 e. The monoisotopic (exact) mass is 668 g/mol. The van der Waals surface area contributed by atoms with E-state index >= 15 is 0 Å². The van der Waals surface area contributed by atoms with Crippen molar-refractivity contribution in [3.63, 3.8) is 0 Å². The fourth-order valence-corrected chi connectivity index (χ4v) is 6.78. The molecule has 0 saturated carbocycles. The van der Waals surface area contributed by atoms with E-state index in [1.807, 2.05) is 68.6 Å². The molecule has 0 atom stereocenters. The Balaban J connectivity index is 0.000000145. The number of fused-ring (bicyclic) bond motifs is 6. The molecule has 5 nitrogen and oxygen atoms in total. The van der Waals surface area contributed by atoms with Crippen molar-refractivity contribution >= 4 is 79.1 Å². The van der Waals surface area contributed by atoms with E-state index in [1.54, 1.807) is 18.3 Å². The average Bonchev–Trinajstić information content (AvgIpc) is 3.57. The van der Waals surface area contributed by atoms with Crippen molar-refractivity contribution in [2.45, 2.75) is 13.8 Å². The van der Waals surface area contributed by atoms with Gasteiger partial charge in [0.15, 0.2) is 0 Å². The summed E-state index contributed by atoms with van der Waals surface area (Å²) in [6.45, 7) is 3.85. The summed E-state index contributed by atoms with van der Waals surface area (Å²) in [5, 5.41) is 15.7. The van der Waals surface area contributed by atoms with Crippen LogP contribution in [0.5, 0.6) is 0 Å². The molecule has 2 N–H and O–H groups in total. The number of aromatic amines is 1. The van der Waals surface area contributed by atoms with Crippen LogP contribution in [0.2, 0.25) is 20.1 Å². The summed E-state index contributed by atoms with van der Waals surface area (Å²) in [6.07, 6.45) is 3.47. The van der Waals surface area contributed by atoms with Crippen molar-refractivity contribution in [2.75, 3.05) is 0 Å². The lowest BCUT2D eigenvalue weighted by Crippen LogP contribution is -1.99. The molecule has 2 aliphatic heterocycles. The maximum Gasteiger partial charge on any atom is 0.0943 e. The lowest BCUT2D eigenvalue weighted by Gasteiger charge is -2.07. The van der Waals surface area contributed by atoms with Gasteiger partial charge in [0.1, 0.15) is 0 Å². The maximum atomic E-state index is 9.78. The van der Waals surface area contributed by atoms with Crippen molar-refractivity contribution in [2.24, 2.45) is 0 Å². The summed E-state index contributed by atoms with van der Waals surface area (Å²) in [5.74, 6) is 0. The summed E-state index contributed by atoms with van der Waals surface area (Å²) < 4.78 is 1.09. The molecule has 0 saturated heterocycles. The number of hydrogen-bond acceptors (Lipinski definition) is 3. The molecule has 4 aromatic carbocycles. The first kappa shape index (κ1) is 29.5. The molecule has 2 aliphatic rings. The van der Waals surface area contributed by atoms with Gasteiger partial charge in [-0.1, -0.05) is 58.5 Å². The molecule has 0 amide bonds. The standard InChI is InChI=1S/C18H12Cl2N2O.C18H12Cl2N2/c1-10-18-15(4-5-22(10)23)16-8-11(2-3-17(16)21-18)12-6-13(19)9-14(20)7-12;1-10-18-15(4-5-21-10)16-8-11(2-3-17(16)22-18)12-6-13(19)9-14(20)7-12/h2-9,23H,1H3;2-9,22H,1H3. The topological polar surface area (TPSA) is 66.7 Å². The fraction of sp³-hybridized carbons (Fsp3) is 0.0556. The molecular weight excluding hydrogens is 646 g/mol. The van der Waals surface area contributed by atoms with E-state index in [9.17, 15) is 5.21 Å². The van der Waals surface area contributed by atoms with Crippen LogP contribution in [0.25, 0.3) is 66.2 Å². The van der Waals surface area contributed by atoms with Gasteiger partial charge in [-0.15, -0.1) is 0 Å². The highest BCUT2D eigenvalue weighted by Gasteiger charge is 2.17. The third-order valence-corrected chi connectivity index (χ3v) is 8.82. The highest BCUT2D eigenvalue weighted by atomic mass is 35.5. The molecule has 8 rings (SSSR count). The number of pyridine rings is 2. The van der Waals surface area contributed by atoms with Gasteiger partial charge in [-0.05, 0) is 109 Å². The number of nitrogens with zero attached hydrogens (tertiary/aromatic N) is 3. The van der Waals surface area contributed by atoms with E-state index in [0.29, 0.717) is 25.8 Å². The van der Waals surface area contributed by atoms with Crippen LogP contribution in [-0.2, 0) is 0 Å². The van der Waals surface area contributed by atoms with Crippen LogP contribution in [0.15, 0.2) is 97.3 Å². The number of hydrogen-bond donors (Lipinski definition) is 2. The van der Waals surface area contributed by atoms with Crippen LogP contribution in [0.4, 0.5) is 0 Å². The zero-order valence-electron chi connectivity index (χ0n) is 24.0. The summed E-state index contributed by atoms with van der Waals surface area (Å²) in [7, 11) is 0. The third-order valence-electron chi connectivity index (χ3n) is 7.94. The van der Waals surface area contributed by atoms with E-state index < -0.39 is 0 Å². The van der Waals surface area contributed by atoms with Crippen molar-refractivity contribution in [1.29, 1.82) is 0 Å². The van der Waals surface area contributed by atoms with Crippen LogP contribution in [-0.4, -0.2) is 24.9 Å². The first-order valence-electron chi connectivity index (χ1n) is 14.1. The number of aryl methyl sites for hydroxylation is 1. The highest BCUT2D eigenvalue weighted by molar-refractivity contribution is 6.35. The predicted molar refractivity (Wildman–Crippen MR) is 188 cm³/mol. The van der Waals surface area contributed by atoms with Crippen LogP contribution in [0.1, 0.15) is 11.4 Å². The van der Waals surface area contributed by atoms with Gasteiger partial charge in [-0.3, -0.25) is 4.98 Å². The Bertz CT molecular complexity index is 2340. The van der Waals surface area contributed by atoms with Crippen LogP contribution >= 0.6 is 46.4 Å². The molecule has 9 heteroatoms. The summed E-state index contributed by atoms with van der Waals surface area (Å²) in [4.78, 5) is 12.4. The molecule has 0 fully saturated rings. The molecule has 222 valence electrons. The Morgan fingerprint density at radius 2 is 1.24 bits per heavy atom. The van der Waals surface area contributed by atoms with Gasteiger partial charge in [0.2, 0.25) is 0 Å². The lowest BCUT2D eigenvalue weighted by atomic mass is 10.0. The van der Waals surface area contributed by atoms with Gasteiger partial charge < -0.3 is 10.2 Å². The Morgan fingerprint density at radius 1 is 0.644 bits per heavy atom. The minimum absolute atomic E-state index is 0.607. The zero-order valence-corrected chi connectivity index (χ0v) is 27.1. The number of halogens is 4. The van der Waals surface area contributed by atoms with Crippen LogP contribution in [0, 0.1) is 13.8 Å². The number of rotatable bonds is 2. The highest BCUT2D eigenvalue weighted by Crippen LogP contribution is 2.37. The molecule has 45 heavy (non-hydrogen) atoms. The molecule has 0 aliphatic carbocycles. The van der Waals surface area contributed by atoms with E-state index in [4.69, 9.17) is 46.4 Å². The van der Waals surface area contributed by atoms with Gasteiger partial charge in [0.05, 0.1) is 28.1 Å². The zero-order chi connectivity index (χ0) is 31.4. The van der Waals surface area contributed by atoms with Crippen molar-refractivity contribution < 1.29 is 5.21 Å². The maximum absolute atomic E-state index is 9.78. The third kappa shape index (κ3) is 5.58. The normalized spacial score (nSPS) is 11.4. The number of H-pyrrole nitrogens is 1. The van der Waals surface area contributed by atoms with Crippen molar-refractivity contribution in [1.82, 2.24) is 19.7 Å². The van der Waals surface area contributed by atoms with Gasteiger partial charge >= 0.3 is 0 Å². The van der Waals surface area contributed by atoms with Crippen LogP contribution < -0.4 is 0 Å². The molecule has 2 aromatic heterocycles. The van der Waals surface area contributed by atoms with E-state index in [2.05, 4.69) is 39.2 Å². The van der Waals surface area contributed by atoms with E-state index in [0.717, 1.165) is 65.9 Å². The van der Waals surface area contributed by atoms with Crippen LogP contribution in [0.3, 0.4) is 0 Å². The summed E-state index contributed by atoms with van der Waals surface area (Å²) in [6, 6.07) is 27.4. The molecule has 0 unspecified atom stereocenters. The average molecular weight is 670 g/mol. The Labute approximate surface area is 278 Å². The van der Waals surface area contributed by atoms with Crippen molar-refractivity contribution in [3.8, 4) is 33.5 Å².